The van der Waals surface area contributed by atoms with E-state index in [1.807, 2.05) is 6.07 Å². The molecule has 1 aromatic carbocycles. The maximum Gasteiger partial charge on any atom is 0.339 e. The van der Waals surface area contributed by atoms with Crippen LogP contribution in [0.4, 0.5) is 5.69 Å². The topological polar surface area (TPSA) is 65.6 Å². The molecule has 6 nitrogen and oxygen atoms in total. The molecular formula is C22H29N3O3. The van der Waals surface area contributed by atoms with Gasteiger partial charge in [-0.05, 0) is 50.3 Å². The van der Waals surface area contributed by atoms with Crippen molar-refractivity contribution in [3.63, 3.8) is 0 Å². The van der Waals surface area contributed by atoms with Gasteiger partial charge in [-0.2, -0.15) is 0 Å². The largest absolute Gasteiger partial charge is 0.465 e. The number of aryl methyl sites for hydroxylation is 1. The van der Waals surface area contributed by atoms with Crippen LogP contribution in [0, 0.1) is 13.8 Å². The van der Waals surface area contributed by atoms with Crippen LogP contribution in [0.3, 0.4) is 0 Å². The molecule has 0 radical (unpaired) electrons. The minimum atomic E-state index is -0.427. The van der Waals surface area contributed by atoms with Gasteiger partial charge in [0.15, 0.2) is 0 Å². The van der Waals surface area contributed by atoms with Crippen molar-refractivity contribution in [2.24, 2.45) is 0 Å². The van der Waals surface area contributed by atoms with Gasteiger partial charge in [0.2, 0.25) is 0 Å². The third-order valence-corrected chi connectivity index (χ3v) is 5.48. The van der Waals surface area contributed by atoms with Crippen LogP contribution in [0.25, 0.3) is 0 Å². The van der Waals surface area contributed by atoms with Crippen molar-refractivity contribution in [1.82, 2.24) is 9.88 Å². The van der Waals surface area contributed by atoms with Gasteiger partial charge >= 0.3 is 5.97 Å². The lowest BCUT2D eigenvalue weighted by Crippen LogP contribution is -2.32. The zero-order valence-corrected chi connectivity index (χ0v) is 17.2. The average molecular weight is 383 g/mol. The maximum absolute atomic E-state index is 13.1. The minimum absolute atomic E-state index is 0.135. The molecule has 1 N–H and O–H groups in total. The second-order valence-corrected chi connectivity index (χ2v) is 7.45. The summed E-state index contributed by atoms with van der Waals surface area (Å²) in [6, 6.07) is 8.29. The van der Waals surface area contributed by atoms with Gasteiger partial charge in [0.1, 0.15) is 5.69 Å². The number of hydrogen-bond donors (Lipinski definition) is 1. The number of anilines is 1. The van der Waals surface area contributed by atoms with Crippen LogP contribution >= 0.6 is 0 Å². The zero-order valence-electron chi connectivity index (χ0n) is 17.2. The first-order valence-electron chi connectivity index (χ1n) is 9.79. The van der Waals surface area contributed by atoms with Gasteiger partial charge in [0.05, 0.1) is 12.7 Å². The van der Waals surface area contributed by atoms with Crippen molar-refractivity contribution in [1.29, 1.82) is 0 Å². The molecule has 0 spiro atoms. The Labute approximate surface area is 166 Å². The molecule has 1 saturated heterocycles. The van der Waals surface area contributed by atoms with Crippen LogP contribution in [0.5, 0.6) is 0 Å². The number of aromatic amines is 1. The summed E-state index contributed by atoms with van der Waals surface area (Å²) in [6.07, 6.45) is 3.70. The van der Waals surface area contributed by atoms with Crippen molar-refractivity contribution < 1.29 is 14.3 Å². The molecule has 0 bridgehead atoms. The second-order valence-electron chi connectivity index (χ2n) is 7.45. The highest BCUT2D eigenvalue weighted by molar-refractivity contribution is 6.00. The number of amides is 1. The van der Waals surface area contributed by atoms with E-state index in [2.05, 4.69) is 28.1 Å². The lowest BCUT2D eigenvalue weighted by atomic mass is 10.1. The fourth-order valence-electron chi connectivity index (χ4n) is 3.98. The number of piperidine rings is 1. The highest BCUT2D eigenvalue weighted by Gasteiger charge is 2.25. The van der Waals surface area contributed by atoms with E-state index in [0.717, 1.165) is 18.7 Å². The van der Waals surface area contributed by atoms with E-state index in [-0.39, 0.29) is 5.91 Å². The van der Waals surface area contributed by atoms with Gasteiger partial charge in [-0.1, -0.05) is 18.2 Å². The van der Waals surface area contributed by atoms with Crippen LogP contribution in [-0.4, -0.2) is 49.0 Å². The summed E-state index contributed by atoms with van der Waals surface area (Å²) in [7, 11) is 3.14. The molecule has 2 aromatic rings. The summed E-state index contributed by atoms with van der Waals surface area (Å²) in [6.45, 7) is 6.19. The predicted octanol–water partition coefficient (Wildman–Crippen LogP) is 3.68. The Kier molecular flexibility index (Phi) is 6.07. The van der Waals surface area contributed by atoms with Gasteiger partial charge in [-0.15, -0.1) is 0 Å². The standard InChI is InChI=1S/C22H29N3O3/c1-15-19(22(27)28-4)16(2)23-20(15)21(26)24(3)14-17-10-6-7-11-18(17)25-12-8-5-9-13-25/h6-7,10-11,23H,5,8-9,12-14H2,1-4H3. The Balaban J connectivity index is 1.82. The quantitative estimate of drug-likeness (QED) is 0.800. The molecule has 1 aromatic heterocycles. The summed E-state index contributed by atoms with van der Waals surface area (Å²) in [5.74, 6) is -0.562. The van der Waals surface area contributed by atoms with Crippen LogP contribution in [0.2, 0.25) is 0 Å². The molecule has 2 heterocycles. The lowest BCUT2D eigenvalue weighted by molar-refractivity contribution is 0.0599. The number of esters is 1. The van der Waals surface area contributed by atoms with Crippen molar-refractivity contribution in [3.8, 4) is 0 Å². The first-order chi connectivity index (χ1) is 13.4. The van der Waals surface area contributed by atoms with Crippen molar-refractivity contribution >= 4 is 17.6 Å². The number of ether oxygens (including phenoxy) is 1. The molecule has 0 aliphatic carbocycles. The molecule has 0 saturated carbocycles. The number of para-hydroxylation sites is 1. The Morgan fingerprint density at radius 2 is 1.82 bits per heavy atom. The summed E-state index contributed by atoms with van der Waals surface area (Å²) in [5, 5.41) is 0. The average Bonchev–Trinajstić information content (AvgIpc) is 3.02. The smallest absolute Gasteiger partial charge is 0.339 e. The molecule has 1 amide bonds. The number of nitrogens with zero attached hydrogens (tertiary/aromatic N) is 2. The predicted molar refractivity (Wildman–Crippen MR) is 110 cm³/mol. The third-order valence-electron chi connectivity index (χ3n) is 5.48. The number of aromatic nitrogens is 1. The van der Waals surface area contributed by atoms with Gasteiger partial charge in [-0.3, -0.25) is 4.79 Å². The molecule has 0 unspecified atom stereocenters. The highest BCUT2D eigenvalue weighted by Crippen LogP contribution is 2.26. The van der Waals surface area contributed by atoms with Crippen molar-refractivity contribution in [2.45, 2.75) is 39.7 Å². The van der Waals surface area contributed by atoms with Crippen molar-refractivity contribution in [3.05, 3.63) is 52.3 Å². The van der Waals surface area contributed by atoms with Crippen LogP contribution in [0.1, 0.15) is 56.9 Å². The number of nitrogens with one attached hydrogen (secondary N) is 1. The van der Waals surface area contributed by atoms with E-state index in [1.165, 1.54) is 32.1 Å². The van der Waals surface area contributed by atoms with Gasteiger partial charge in [0, 0.05) is 38.1 Å². The second kappa shape index (κ2) is 8.50. The van der Waals surface area contributed by atoms with E-state index < -0.39 is 5.97 Å². The third kappa shape index (κ3) is 3.91. The number of hydrogen-bond acceptors (Lipinski definition) is 4. The van der Waals surface area contributed by atoms with Crippen LogP contribution < -0.4 is 4.90 Å². The molecule has 1 aliphatic heterocycles. The molecule has 150 valence electrons. The summed E-state index contributed by atoms with van der Waals surface area (Å²) >= 11 is 0. The Hall–Kier alpha value is -2.76. The summed E-state index contributed by atoms with van der Waals surface area (Å²) in [4.78, 5) is 32.2. The molecule has 3 rings (SSSR count). The number of rotatable bonds is 5. The van der Waals surface area contributed by atoms with E-state index in [9.17, 15) is 9.59 Å². The van der Waals surface area contributed by atoms with E-state index in [1.54, 1.807) is 25.8 Å². The van der Waals surface area contributed by atoms with Gasteiger partial charge in [-0.25, -0.2) is 4.79 Å². The number of benzene rings is 1. The Morgan fingerprint density at radius 1 is 1.14 bits per heavy atom. The Morgan fingerprint density at radius 3 is 2.50 bits per heavy atom. The summed E-state index contributed by atoms with van der Waals surface area (Å²) < 4.78 is 4.84. The Bertz CT molecular complexity index is 866. The first kappa shape index (κ1) is 20.0. The maximum atomic E-state index is 13.1. The summed E-state index contributed by atoms with van der Waals surface area (Å²) in [5.41, 5.74) is 4.50. The fraction of sp³-hybridized carbons (Fsp3) is 0.455. The van der Waals surface area contributed by atoms with Crippen molar-refractivity contribution in [2.75, 3.05) is 32.1 Å². The monoisotopic (exact) mass is 383 g/mol. The molecule has 1 aliphatic rings. The van der Waals surface area contributed by atoms with Crippen LogP contribution in [0.15, 0.2) is 24.3 Å². The lowest BCUT2D eigenvalue weighted by Gasteiger charge is -2.31. The SMILES string of the molecule is COC(=O)c1c(C)[nH]c(C(=O)N(C)Cc2ccccc2N2CCCCC2)c1C. The van der Waals surface area contributed by atoms with E-state index in [0.29, 0.717) is 29.1 Å². The molecule has 28 heavy (non-hydrogen) atoms. The number of carbonyl (C=O) groups excluding carboxylic acids is 2. The molecule has 0 atom stereocenters. The number of methoxy groups -OCH3 is 1. The normalized spacial score (nSPS) is 14.1. The van der Waals surface area contributed by atoms with E-state index >= 15 is 0 Å². The van der Waals surface area contributed by atoms with Gasteiger partial charge in [0.25, 0.3) is 5.91 Å². The minimum Gasteiger partial charge on any atom is -0.465 e. The molecule has 6 heteroatoms. The number of H-pyrrole nitrogens is 1. The molecular weight excluding hydrogens is 354 g/mol. The highest BCUT2D eigenvalue weighted by atomic mass is 16.5. The van der Waals surface area contributed by atoms with E-state index in [4.69, 9.17) is 4.74 Å². The zero-order chi connectivity index (χ0) is 20.3. The fourth-order valence-corrected chi connectivity index (χ4v) is 3.98. The van der Waals surface area contributed by atoms with Crippen LogP contribution in [-0.2, 0) is 11.3 Å². The molecule has 1 fully saturated rings. The van der Waals surface area contributed by atoms with Gasteiger partial charge < -0.3 is 19.5 Å². The first-order valence-corrected chi connectivity index (χ1v) is 9.79. The number of carbonyl (C=O) groups is 2.